The van der Waals surface area contributed by atoms with Crippen molar-refractivity contribution >= 4 is 30.2 Å². The smallest absolute Gasteiger partial charge is 0.247 e. The lowest BCUT2D eigenvalue weighted by Crippen LogP contribution is -2.14. The maximum Gasteiger partial charge on any atom is 0.247 e. The minimum atomic E-state index is -3.08. The highest BCUT2D eigenvalue weighted by Crippen LogP contribution is 2.44. The van der Waals surface area contributed by atoms with Crippen LogP contribution in [0, 0.1) is 0 Å². The first-order valence-corrected chi connectivity index (χ1v) is 9.38. The average molecular weight is 331 g/mol. The number of rotatable bonds is 5. The largest absolute Gasteiger partial charge is 0.288 e. The predicted octanol–water partition coefficient (Wildman–Crippen LogP) is 4.68. The van der Waals surface area contributed by atoms with Crippen molar-refractivity contribution < 1.29 is 4.57 Å². The molecule has 3 heteroatoms. The third-order valence-corrected chi connectivity index (χ3v) is 6.22. The second-order valence-electron chi connectivity index (χ2n) is 5.32. The van der Waals surface area contributed by atoms with Gasteiger partial charge in [-0.15, -0.1) is 0 Å². The van der Waals surface area contributed by atoms with Crippen LogP contribution in [0.15, 0.2) is 96.3 Å². The molecule has 3 rings (SSSR count). The number of benzene rings is 3. The van der Waals surface area contributed by atoms with Crippen LogP contribution in [-0.4, -0.2) is 6.21 Å². The van der Waals surface area contributed by atoms with Crippen LogP contribution >= 0.6 is 7.29 Å². The Hall–Kier alpha value is -2.70. The number of hydrogen-bond donors (Lipinski definition) is 0. The van der Waals surface area contributed by atoms with E-state index in [9.17, 15) is 4.57 Å². The molecule has 0 N–H and O–H groups in total. The van der Waals surface area contributed by atoms with Crippen LogP contribution in [0.25, 0.3) is 6.08 Å². The first-order valence-electron chi connectivity index (χ1n) is 7.72. The van der Waals surface area contributed by atoms with Gasteiger partial charge in [0, 0.05) is 16.8 Å². The molecular formula is C21H18NOP. The summed E-state index contributed by atoms with van der Waals surface area (Å²) < 4.78 is 18.3. The van der Waals surface area contributed by atoms with Crippen LogP contribution in [0.1, 0.15) is 11.1 Å². The van der Waals surface area contributed by atoms with E-state index in [1.807, 2.05) is 84.9 Å². The quantitative estimate of drug-likeness (QED) is 0.493. The number of hydrogen-bond acceptors (Lipinski definition) is 1. The van der Waals surface area contributed by atoms with Gasteiger partial charge in [0.25, 0.3) is 0 Å². The van der Waals surface area contributed by atoms with E-state index in [1.165, 1.54) is 0 Å². The maximum absolute atomic E-state index is 13.8. The molecule has 0 spiro atoms. The van der Waals surface area contributed by atoms with Gasteiger partial charge >= 0.3 is 0 Å². The van der Waals surface area contributed by atoms with Crippen LogP contribution < -0.4 is 10.6 Å². The molecule has 24 heavy (non-hydrogen) atoms. The maximum atomic E-state index is 13.8. The third kappa shape index (κ3) is 3.29. The lowest BCUT2D eigenvalue weighted by atomic mass is 10.1. The van der Waals surface area contributed by atoms with Gasteiger partial charge in [-0.1, -0.05) is 73.3 Å². The molecule has 3 aromatic rings. The standard InChI is InChI=1S/C21H18NOP/c1-2-18-11-9-10-12-19(18)17-22-24(23,20-13-5-3-6-14-20)21-15-7-4-8-16-21/h2-17H,1H2/b22-17+. The molecule has 0 aliphatic heterocycles. The Labute approximate surface area is 142 Å². The van der Waals surface area contributed by atoms with Gasteiger partial charge in [0.15, 0.2) is 0 Å². The molecule has 2 nitrogen and oxygen atoms in total. The van der Waals surface area contributed by atoms with Crippen molar-refractivity contribution in [1.82, 2.24) is 0 Å². The second-order valence-corrected chi connectivity index (χ2v) is 7.74. The van der Waals surface area contributed by atoms with Crippen molar-refractivity contribution in [2.24, 2.45) is 4.76 Å². The van der Waals surface area contributed by atoms with E-state index in [1.54, 1.807) is 12.3 Å². The Kier molecular flexibility index (Phi) is 4.88. The summed E-state index contributed by atoms with van der Waals surface area (Å²) in [5.41, 5.74) is 1.87. The van der Waals surface area contributed by atoms with Crippen LogP contribution in [-0.2, 0) is 4.57 Å². The molecule has 0 radical (unpaired) electrons. The second kappa shape index (κ2) is 7.25. The van der Waals surface area contributed by atoms with Gasteiger partial charge < -0.3 is 0 Å². The highest BCUT2D eigenvalue weighted by Gasteiger charge is 2.25. The molecule has 0 saturated heterocycles. The Morgan fingerprint density at radius 3 is 1.67 bits per heavy atom. The molecule has 0 amide bonds. The van der Waals surface area contributed by atoms with Gasteiger partial charge in [0.05, 0.1) is 0 Å². The Morgan fingerprint density at radius 2 is 1.17 bits per heavy atom. The molecule has 0 unspecified atom stereocenters. The summed E-state index contributed by atoms with van der Waals surface area (Å²) in [5, 5.41) is 1.45. The van der Waals surface area contributed by atoms with Crippen molar-refractivity contribution in [3.05, 3.63) is 103 Å². The molecule has 0 aliphatic rings. The lowest BCUT2D eigenvalue weighted by Gasteiger charge is -2.14. The van der Waals surface area contributed by atoms with Crippen molar-refractivity contribution in [1.29, 1.82) is 0 Å². The Balaban J connectivity index is 2.11. The van der Waals surface area contributed by atoms with Gasteiger partial charge in [-0.2, -0.15) is 0 Å². The summed E-state index contributed by atoms with van der Waals surface area (Å²) in [6, 6.07) is 26.6. The van der Waals surface area contributed by atoms with E-state index in [4.69, 9.17) is 0 Å². The molecule has 0 aromatic heterocycles. The predicted molar refractivity (Wildman–Crippen MR) is 104 cm³/mol. The van der Waals surface area contributed by atoms with Crippen LogP contribution in [0.4, 0.5) is 0 Å². The van der Waals surface area contributed by atoms with E-state index < -0.39 is 7.29 Å². The summed E-state index contributed by atoms with van der Waals surface area (Å²) in [7, 11) is -3.08. The van der Waals surface area contributed by atoms with E-state index in [0.29, 0.717) is 0 Å². The number of nitrogens with zero attached hydrogens (tertiary/aromatic N) is 1. The van der Waals surface area contributed by atoms with E-state index >= 15 is 0 Å². The minimum absolute atomic E-state index is 0.725. The van der Waals surface area contributed by atoms with Crippen molar-refractivity contribution in [3.63, 3.8) is 0 Å². The third-order valence-electron chi connectivity index (χ3n) is 3.79. The molecule has 0 fully saturated rings. The van der Waals surface area contributed by atoms with Crippen LogP contribution in [0.5, 0.6) is 0 Å². The first-order chi connectivity index (χ1) is 11.7. The highest BCUT2D eigenvalue weighted by atomic mass is 31.2. The molecular weight excluding hydrogens is 313 g/mol. The van der Waals surface area contributed by atoms with Crippen LogP contribution in [0.2, 0.25) is 0 Å². The van der Waals surface area contributed by atoms with Crippen molar-refractivity contribution in [2.45, 2.75) is 0 Å². The van der Waals surface area contributed by atoms with Gasteiger partial charge in [-0.3, -0.25) is 4.57 Å². The minimum Gasteiger partial charge on any atom is -0.288 e. The molecule has 118 valence electrons. The van der Waals surface area contributed by atoms with E-state index in [2.05, 4.69) is 11.3 Å². The Morgan fingerprint density at radius 1 is 0.708 bits per heavy atom. The molecule has 0 bridgehead atoms. The summed E-state index contributed by atoms with van der Waals surface area (Å²) in [4.78, 5) is 0. The summed E-state index contributed by atoms with van der Waals surface area (Å²) in [6.45, 7) is 3.82. The SMILES string of the molecule is C=Cc1ccccc1/C=N/P(=O)(c1ccccc1)c1ccccc1. The van der Waals surface area contributed by atoms with Gasteiger partial charge in [-0.05, 0) is 35.4 Å². The fourth-order valence-corrected chi connectivity index (χ4v) is 4.50. The first kappa shape index (κ1) is 16.2. The van der Waals surface area contributed by atoms with Crippen LogP contribution in [0.3, 0.4) is 0 Å². The summed E-state index contributed by atoms with van der Waals surface area (Å²) in [5.74, 6) is 0. The molecule has 0 heterocycles. The zero-order chi connectivity index (χ0) is 16.8. The summed E-state index contributed by atoms with van der Waals surface area (Å²) in [6.07, 6.45) is 3.47. The molecule has 0 aliphatic carbocycles. The topological polar surface area (TPSA) is 29.4 Å². The van der Waals surface area contributed by atoms with Crippen molar-refractivity contribution in [2.75, 3.05) is 0 Å². The van der Waals surface area contributed by atoms with Crippen molar-refractivity contribution in [3.8, 4) is 0 Å². The normalized spacial score (nSPS) is 11.5. The zero-order valence-corrected chi connectivity index (χ0v) is 14.1. The zero-order valence-electron chi connectivity index (χ0n) is 13.2. The van der Waals surface area contributed by atoms with E-state index in [0.717, 1.165) is 21.7 Å². The fourth-order valence-electron chi connectivity index (χ4n) is 2.50. The van der Waals surface area contributed by atoms with Gasteiger partial charge in [0.2, 0.25) is 7.29 Å². The summed E-state index contributed by atoms with van der Waals surface area (Å²) >= 11 is 0. The van der Waals surface area contributed by atoms with Gasteiger partial charge in [0.1, 0.15) is 0 Å². The molecule has 3 aromatic carbocycles. The van der Waals surface area contributed by atoms with E-state index in [-0.39, 0.29) is 0 Å². The lowest BCUT2D eigenvalue weighted by molar-refractivity contribution is 0.588. The molecule has 0 atom stereocenters. The van der Waals surface area contributed by atoms with Gasteiger partial charge in [-0.25, -0.2) is 4.76 Å². The highest BCUT2D eigenvalue weighted by molar-refractivity contribution is 7.77. The fraction of sp³-hybridized carbons (Fsp3) is 0. The monoisotopic (exact) mass is 331 g/mol. The molecule has 0 saturated carbocycles. The Bertz CT molecular complexity index is 858. The average Bonchev–Trinajstić information content (AvgIpc) is 2.67.